The van der Waals surface area contributed by atoms with E-state index in [4.69, 9.17) is 11.6 Å². The summed E-state index contributed by atoms with van der Waals surface area (Å²) in [5.74, 6) is 0.330. The maximum absolute atomic E-state index is 12.8. The summed E-state index contributed by atoms with van der Waals surface area (Å²) in [5.41, 5.74) is 0.704. The molecule has 8 heteroatoms. The Bertz CT molecular complexity index is 901. The molecular formula is C21H27ClN2O3S2. The van der Waals surface area contributed by atoms with Gasteiger partial charge in [-0.2, -0.15) is 16.5 Å². The number of sulfonamides is 1. The van der Waals surface area contributed by atoms with E-state index in [0.29, 0.717) is 23.7 Å². The fourth-order valence-electron chi connectivity index (χ4n) is 2.77. The van der Waals surface area contributed by atoms with Crippen LogP contribution in [0.1, 0.15) is 25.8 Å². The Hall–Kier alpha value is -1.54. The lowest BCUT2D eigenvalue weighted by atomic mass is 9.84. The monoisotopic (exact) mass is 454 g/mol. The van der Waals surface area contributed by atoms with Gasteiger partial charge in [0.25, 0.3) is 0 Å². The fourth-order valence-corrected chi connectivity index (χ4v) is 4.62. The Morgan fingerprint density at radius 3 is 2.31 bits per heavy atom. The van der Waals surface area contributed by atoms with Crippen molar-refractivity contribution in [2.75, 3.05) is 18.6 Å². The molecule has 0 saturated heterocycles. The zero-order valence-electron chi connectivity index (χ0n) is 16.8. The van der Waals surface area contributed by atoms with Crippen LogP contribution in [0, 0.1) is 0 Å². The highest BCUT2D eigenvalue weighted by molar-refractivity contribution is 7.98. The standard InChI is InChI=1S/C21H27ClN2O3S2/c1-21(2,16-9-11-17(22)12-10-16)15-23-20(25)19(13-14-28-3)24-29(26,27)18-7-5-4-6-8-18/h4-12,19,24H,13-15H2,1-3H3,(H,23,25). The van der Waals surface area contributed by atoms with Gasteiger partial charge in [0.2, 0.25) is 15.9 Å². The molecule has 1 amide bonds. The van der Waals surface area contributed by atoms with Crippen LogP contribution in [-0.4, -0.2) is 38.9 Å². The molecule has 0 aliphatic carbocycles. The Balaban J connectivity index is 2.09. The molecule has 0 spiro atoms. The molecule has 0 aliphatic heterocycles. The van der Waals surface area contributed by atoms with Gasteiger partial charge in [-0.1, -0.05) is 55.8 Å². The third-order valence-corrected chi connectivity index (χ3v) is 6.99. The second kappa shape index (κ2) is 10.5. The van der Waals surface area contributed by atoms with Gasteiger partial charge in [0.05, 0.1) is 4.90 Å². The van der Waals surface area contributed by atoms with E-state index in [1.165, 1.54) is 12.1 Å². The highest BCUT2D eigenvalue weighted by Crippen LogP contribution is 2.24. The predicted octanol–water partition coefficient (Wildman–Crippen LogP) is 3.83. The van der Waals surface area contributed by atoms with Gasteiger partial charge in [-0.25, -0.2) is 8.42 Å². The molecule has 1 unspecified atom stereocenters. The number of thioether (sulfide) groups is 1. The van der Waals surface area contributed by atoms with Crippen LogP contribution < -0.4 is 10.0 Å². The molecule has 29 heavy (non-hydrogen) atoms. The number of carbonyl (C=O) groups excluding carboxylic acids is 1. The average Bonchev–Trinajstić information content (AvgIpc) is 2.70. The lowest BCUT2D eigenvalue weighted by molar-refractivity contribution is -0.123. The molecule has 2 aromatic rings. The Morgan fingerprint density at radius 1 is 1.10 bits per heavy atom. The number of hydrogen-bond donors (Lipinski definition) is 2. The minimum Gasteiger partial charge on any atom is -0.354 e. The summed E-state index contributed by atoms with van der Waals surface area (Å²) in [4.78, 5) is 13.0. The van der Waals surface area contributed by atoms with Crippen LogP contribution in [0.3, 0.4) is 0 Å². The number of nitrogens with one attached hydrogen (secondary N) is 2. The van der Waals surface area contributed by atoms with Crippen LogP contribution >= 0.6 is 23.4 Å². The molecule has 1 atom stereocenters. The summed E-state index contributed by atoms with van der Waals surface area (Å²) in [6.07, 6.45) is 2.32. The third kappa shape index (κ3) is 7.03. The van der Waals surface area contributed by atoms with Crippen molar-refractivity contribution in [3.8, 4) is 0 Å². The minimum absolute atomic E-state index is 0.142. The molecule has 2 N–H and O–H groups in total. The Labute approximate surface area is 182 Å². The van der Waals surface area contributed by atoms with Crippen LogP contribution in [0.4, 0.5) is 0 Å². The highest BCUT2D eigenvalue weighted by Gasteiger charge is 2.28. The maximum atomic E-state index is 12.8. The van der Waals surface area contributed by atoms with Gasteiger partial charge in [0.1, 0.15) is 6.04 Å². The molecule has 2 rings (SSSR count). The Kier molecular flexibility index (Phi) is 8.58. The van der Waals surface area contributed by atoms with Crippen LogP contribution in [-0.2, 0) is 20.2 Å². The second-order valence-corrected chi connectivity index (χ2v) is 10.5. The smallest absolute Gasteiger partial charge is 0.241 e. The van der Waals surface area contributed by atoms with Crippen LogP contribution in [0.2, 0.25) is 5.02 Å². The molecule has 0 heterocycles. The van der Waals surface area contributed by atoms with Gasteiger partial charge in [-0.05, 0) is 48.3 Å². The normalized spacial score (nSPS) is 13.1. The molecule has 0 aliphatic rings. The van der Waals surface area contributed by atoms with E-state index in [1.807, 2.05) is 44.4 Å². The molecule has 2 aromatic carbocycles. The lowest BCUT2D eigenvalue weighted by Gasteiger charge is -2.27. The van der Waals surface area contributed by atoms with Gasteiger partial charge in [0, 0.05) is 17.0 Å². The van der Waals surface area contributed by atoms with E-state index in [1.54, 1.807) is 30.0 Å². The summed E-state index contributed by atoms with van der Waals surface area (Å²) in [7, 11) is -3.78. The van der Waals surface area contributed by atoms with Gasteiger partial charge < -0.3 is 5.32 Å². The lowest BCUT2D eigenvalue weighted by Crippen LogP contribution is -2.49. The first-order valence-corrected chi connectivity index (χ1v) is 12.5. The quantitative estimate of drug-likeness (QED) is 0.572. The molecule has 158 valence electrons. The number of benzene rings is 2. The maximum Gasteiger partial charge on any atom is 0.241 e. The van der Waals surface area contributed by atoms with Crippen LogP contribution in [0.15, 0.2) is 59.5 Å². The largest absolute Gasteiger partial charge is 0.354 e. The third-order valence-electron chi connectivity index (χ3n) is 4.61. The summed E-state index contributed by atoms with van der Waals surface area (Å²) in [6, 6.07) is 14.7. The summed E-state index contributed by atoms with van der Waals surface area (Å²) < 4.78 is 27.9. The number of rotatable bonds is 10. The highest BCUT2D eigenvalue weighted by atomic mass is 35.5. The number of hydrogen-bond acceptors (Lipinski definition) is 4. The van der Waals surface area contributed by atoms with E-state index in [2.05, 4.69) is 10.0 Å². The van der Waals surface area contributed by atoms with E-state index >= 15 is 0 Å². The molecular weight excluding hydrogens is 428 g/mol. The van der Waals surface area contributed by atoms with Crippen LogP contribution in [0.25, 0.3) is 0 Å². The van der Waals surface area contributed by atoms with E-state index in [-0.39, 0.29) is 16.2 Å². The zero-order chi connectivity index (χ0) is 21.5. The molecule has 0 bridgehead atoms. The number of halogens is 1. The molecule has 0 aromatic heterocycles. The van der Waals surface area contributed by atoms with Crippen molar-refractivity contribution in [1.82, 2.24) is 10.0 Å². The van der Waals surface area contributed by atoms with Crippen molar-refractivity contribution in [2.24, 2.45) is 0 Å². The van der Waals surface area contributed by atoms with Gasteiger partial charge >= 0.3 is 0 Å². The van der Waals surface area contributed by atoms with Crippen molar-refractivity contribution < 1.29 is 13.2 Å². The summed E-state index contributed by atoms with van der Waals surface area (Å²) in [6.45, 7) is 4.40. The zero-order valence-corrected chi connectivity index (χ0v) is 19.2. The SMILES string of the molecule is CSCCC(NS(=O)(=O)c1ccccc1)C(=O)NCC(C)(C)c1ccc(Cl)cc1. The van der Waals surface area contributed by atoms with Crippen molar-refractivity contribution in [3.05, 3.63) is 65.2 Å². The first kappa shape index (κ1) is 23.7. The summed E-state index contributed by atoms with van der Waals surface area (Å²) >= 11 is 7.52. The number of amides is 1. The number of carbonyl (C=O) groups is 1. The summed E-state index contributed by atoms with van der Waals surface area (Å²) in [5, 5.41) is 3.56. The molecule has 0 radical (unpaired) electrons. The van der Waals surface area contributed by atoms with E-state index < -0.39 is 16.1 Å². The van der Waals surface area contributed by atoms with E-state index in [0.717, 1.165) is 5.56 Å². The second-order valence-electron chi connectivity index (χ2n) is 7.38. The first-order chi connectivity index (χ1) is 13.7. The fraction of sp³-hybridized carbons (Fsp3) is 0.381. The average molecular weight is 455 g/mol. The van der Waals surface area contributed by atoms with Gasteiger partial charge in [-0.15, -0.1) is 0 Å². The Morgan fingerprint density at radius 2 is 1.72 bits per heavy atom. The van der Waals surface area contributed by atoms with Crippen molar-refractivity contribution >= 4 is 39.3 Å². The molecule has 0 saturated carbocycles. The van der Waals surface area contributed by atoms with Crippen molar-refractivity contribution in [1.29, 1.82) is 0 Å². The van der Waals surface area contributed by atoms with Crippen LogP contribution in [0.5, 0.6) is 0 Å². The predicted molar refractivity (Wildman–Crippen MR) is 121 cm³/mol. The van der Waals surface area contributed by atoms with Gasteiger partial charge in [-0.3, -0.25) is 4.79 Å². The van der Waals surface area contributed by atoms with Crippen molar-refractivity contribution in [2.45, 2.75) is 36.6 Å². The molecule has 5 nitrogen and oxygen atoms in total. The topological polar surface area (TPSA) is 75.3 Å². The first-order valence-electron chi connectivity index (χ1n) is 9.26. The minimum atomic E-state index is -3.78. The molecule has 0 fully saturated rings. The van der Waals surface area contributed by atoms with Crippen molar-refractivity contribution in [3.63, 3.8) is 0 Å². The van der Waals surface area contributed by atoms with Gasteiger partial charge in [0.15, 0.2) is 0 Å². The van der Waals surface area contributed by atoms with E-state index in [9.17, 15) is 13.2 Å².